The van der Waals surface area contributed by atoms with E-state index in [9.17, 15) is 4.79 Å². The molecule has 30 heavy (non-hydrogen) atoms. The van der Waals surface area contributed by atoms with Gasteiger partial charge in [-0.25, -0.2) is 9.97 Å². The van der Waals surface area contributed by atoms with Crippen molar-refractivity contribution in [3.8, 4) is 11.6 Å². The van der Waals surface area contributed by atoms with E-state index in [0.717, 1.165) is 31.5 Å². The predicted molar refractivity (Wildman–Crippen MR) is 109 cm³/mol. The van der Waals surface area contributed by atoms with E-state index in [1.807, 2.05) is 42.2 Å². The molecule has 2 aliphatic heterocycles. The minimum absolute atomic E-state index is 0.0372. The van der Waals surface area contributed by atoms with Gasteiger partial charge in [0.05, 0.1) is 19.0 Å². The van der Waals surface area contributed by atoms with Gasteiger partial charge in [-0.2, -0.15) is 10.2 Å². The van der Waals surface area contributed by atoms with Gasteiger partial charge in [0.25, 0.3) is 5.91 Å². The lowest BCUT2D eigenvalue weighted by atomic mass is 9.72. The highest BCUT2D eigenvalue weighted by Gasteiger charge is 2.43. The fourth-order valence-corrected chi connectivity index (χ4v) is 4.65. The van der Waals surface area contributed by atoms with Gasteiger partial charge in [-0.1, -0.05) is 6.07 Å². The number of rotatable bonds is 5. The molecule has 3 aromatic rings. The van der Waals surface area contributed by atoms with Crippen LogP contribution in [0.3, 0.4) is 0 Å². The molecule has 3 fully saturated rings. The summed E-state index contributed by atoms with van der Waals surface area (Å²) in [5, 5.41) is 8.38. The fraction of sp³-hybridized carbons (Fsp3) is 0.409. The molecule has 0 aromatic carbocycles. The molecule has 1 aliphatic carbocycles. The van der Waals surface area contributed by atoms with Crippen LogP contribution in [0.5, 0.6) is 5.88 Å². The van der Waals surface area contributed by atoms with Gasteiger partial charge >= 0.3 is 0 Å². The summed E-state index contributed by atoms with van der Waals surface area (Å²) in [4.78, 5) is 25.8. The first-order valence-corrected chi connectivity index (χ1v) is 10.4. The summed E-state index contributed by atoms with van der Waals surface area (Å²) in [5.74, 6) is 1.49. The molecular formula is C22H24N6O2. The summed E-state index contributed by atoms with van der Waals surface area (Å²) in [6, 6.07) is 9.64. The van der Waals surface area contributed by atoms with Crippen LogP contribution in [0, 0.1) is 18.8 Å². The topological polar surface area (TPSA) is 86.0 Å². The zero-order valence-electron chi connectivity index (χ0n) is 16.9. The summed E-state index contributed by atoms with van der Waals surface area (Å²) >= 11 is 0. The number of ether oxygens (including phenoxy) is 1. The lowest BCUT2D eigenvalue weighted by molar-refractivity contribution is -0.00508. The van der Waals surface area contributed by atoms with E-state index in [0.29, 0.717) is 35.7 Å². The van der Waals surface area contributed by atoms with E-state index in [-0.39, 0.29) is 11.9 Å². The van der Waals surface area contributed by atoms with Crippen LogP contribution >= 0.6 is 0 Å². The van der Waals surface area contributed by atoms with Crippen LogP contribution in [0.2, 0.25) is 0 Å². The highest BCUT2D eigenvalue weighted by molar-refractivity contribution is 5.96. The SMILES string of the molecule is Cc1ccc(-n2nccn2)c(C(=O)N2CC3CCC2CC3COc2ccccn2)n1. The largest absolute Gasteiger partial charge is 0.477 e. The summed E-state index contributed by atoms with van der Waals surface area (Å²) < 4.78 is 5.92. The molecule has 1 amide bonds. The molecule has 5 heterocycles. The third-order valence-corrected chi connectivity index (χ3v) is 6.18. The van der Waals surface area contributed by atoms with Crippen molar-refractivity contribution in [2.24, 2.45) is 11.8 Å². The Balaban J connectivity index is 1.32. The highest BCUT2D eigenvalue weighted by Crippen LogP contribution is 2.40. The average molecular weight is 404 g/mol. The van der Waals surface area contributed by atoms with Crippen LogP contribution in [0.15, 0.2) is 48.9 Å². The number of nitrogens with zero attached hydrogens (tertiary/aromatic N) is 6. The van der Waals surface area contributed by atoms with Crippen molar-refractivity contribution in [2.45, 2.75) is 32.2 Å². The van der Waals surface area contributed by atoms with E-state index < -0.39 is 0 Å². The number of hydrogen-bond donors (Lipinski definition) is 0. The molecule has 8 nitrogen and oxygen atoms in total. The molecule has 0 N–H and O–H groups in total. The number of aromatic nitrogens is 5. The molecule has 8 heteroatoms. The molecule has 0 radical (unpaired) electrons. The van der Waals surface area contributed by atoms with Crippen LogP contribution in [0.25, 0.3) is 5.69 Å². The van der Waals surface area contributed by atoms with Gasteiger partial charge in [0, 0.05) is 30.5 Å². The summed E-state index contributed by atoms with van der Waals surface area (Å²) in [6.07, 6.45) is 8.04. The van der Waals surface area contributed by atoms with Crippen molar-refractivity contribution in [1.29, 1.82) is 0 Å². The van der Waals surface area contributed by atoms with E-state index >= 15 is 0 Å². The molecule has 3 aromatic heterocycles. The zero-order chi connectivity index (χ0) is 20.5. The first-order valence-electron chi connectivity index (χ1n) is 10.4. The lowest BCUT2D eigenvalue weighted by Gasteiger charge is -2.49. The Morgan fingerprint density at radius 2 is 2.00 bits per heavy atom. The maximum Gasteiger partial charge on any atom is 0.275 e. The minimum atomic E-state index is -0.0372. The smallest absolute Gasteiger partial charge is 0.275 e. The van der Waals surface area contributed by atoms with E-state index in [1.54, 1.807) is 18.6 Å². The number of amides is 1. The monoisotopic (exact) mass is 404 g/mol. The zero-order valence-corrected chi connectivity index (χ0v) is 16.9. The van der Waals surface area contributed by atoms with Crippen molar-refractivity contribution in [2.75, 3.05) is 13.2 Å². The number of carbonyl (C=O) groups is 1. The van der Waals surface area contributed by atoms with Gasteiger partial charge in [0.1, 0.15) is 5.69 Å². The standard InChI is InChI=1S/C22H24N6O2/c1-15-5-8-19(28-24-10-11-25-28)21(26-15)22(29)27-13-16-6-7-18(27)12-17(16)14-30-20-4-2-3-9-23-20/h2-5,8-11,16-18H,6-7,12-14H2,1H3. The normalized spacial score (nSPS) is 22.8. The Labute approximate surface area is 174 Å². The summed E-state index contributed by atoms with van der Waals surface area (Å²) in [5.41, 5.74) is 1.84. The van der Waals surface area contributed by atoms with Crippen molar-refractivity contribution < 1.29 is 9.53 Å². The number of piperidine rings is 2. The van der Waals surface area contributed by atoms with Crippen LogP contribution < -0.4 is 4.74 Å². The number of pyridine rings is 2. The lowest BCUT2D eigenvalue weighted by Crippen LogP contribution is -2.55. The van der Waals surface area contributed by atoms with Crippen LogP contribution in [-0.2, 0) is 0 Å². The minimum Gasteiger partial charge on any atom is -0.477 e. The number of aryl methyl sites for hydroxylation is 1. The van der Waals surface area contributed by atoms with Gasteiger partial charge in [-0.05, 0) is 56.2 Å². The molecule has 1 saturated carbocycles. The van der Waals surface area contributed by atoms with E-state index in [1.165, 1.54) is 4.80 Å². The molecule has 0 spiro atoms. The van der Waals surface area contributed by atoms with Crippen molar-refractivity contribution >= 4 is 5.91 Å². The molecule has 2 saturated heterocycles. The maximum absolute atomic E-state index is 13.5. The number of fused-ring (bicyclic) bond motifs is 3. The van der Waals surface area contributed by atoms with Gasteiger partial charge in [0.2, 0.25) is 5.88 Å². The summed E-state index contributed by atoms with van der Waals surface area (Å²) in [7, 11) is 0. The first-order chi connectivity index (χ1) is 14.7. The highest BCUT2D eigenvalue weighted by atomic mass is 16.5. The molecule has 154 valence electrons. The second-order valence-corrected chi connectivity index (χ2v) is 8.06. The average Bonchev–Trinajstić information content (AvgIpc) is 3.33. The van der Waals surface area contributed by atoms with Crippen molar-refractivity contribution in [3.05, 3.63) is 60.3 Å². The molecule has 3 unspecified atom stereocenters. The molecule has 3 atom stereocenters. The van der Waals surface area contributed by atoms with Crippen LogP contribution in [0.1, 0.15) is 35.4 Å². The van der Waals surface area contributed by atoms with Crippen molar-refractivity contribution in [3.63, 3.8) is 0 Å². The number of carbonyl (C=O) groups excluding carboxylic acids is 1. The summed E-state index contributed by atoms with van der Waals surface area (Å²) in [6.45, 7) is 3.27. The first kappa shape index (κ1) is 18.7. The third-order valence-electron chi connectivity index (χ3n) is 6.18. The number of hydrogen-bond acceptors (Lipinski definition) is 6. The Hall–Kier alpha value is -3.29. The predicted octanol–water partition coefficient (Wildman–Crippen LogP) is 2.69. The Kier molecular flexibility index (Phi) is 4.90. The quantitative estimate of drug-likeness (QED) is 0.650. The molecule has 2 bridgehead atoms. The third kappa shape index (κ3) is 3.53. The van der Waals surface area contributed by atoms with E-state index in [2.05, 4.69) is 20.2 Å². The van der Waals surface area contributed by atoms with Gasteiger partial charge in [-0.3, -0.25) is 4.79 Å². The van der Waals surface area contributed by atoms with Gasteiger partial charge in [0.15, 0.2) is 5.69 Å². The van der Waals surface area contributed by atoms with Crippen molar-refractivity contribution in [1.82, 2.24) is 29.9 Å². The Bertz CT molecular complexity index is 1020. The van der Waals surface area contributed by atoms with E-state index in [4.69, 9.17) is 4.74 Å². The second kappa shape index (κ2) is 7.85. The van der Waals surface area contributed by atoms with Crippen LogP contribution in [0.4, 0.5) is 0 Å². The van der Waals surface area contributed by atoms with Crippen LogP contribution in [-0.4, -0.2) is 55.0 Å². The Morgan fingerprint density at radius 1 is 1.13 bits per heavy atom. The Morgan fingerprint density at radius 3 is 2.73 bits per heavy atom. The maximum atomic E-state index is 13.5. The van der Waals surface area contributed by atoms with Gasteiger partial charge < -0.3 is 9.64 Å². The van der Waals surface area contributed by atoms with Gasteiger partial charge in [-0.15, -0.1) is 4.80 Å². The second-order valence-electron chi connectivity index (χ2n) is 8.06. The fourth-order valence-electron chi connectivity index (χ4n) is 4.65. The molecule has 3 aliphatic rings. The molecular weight excluding hydrogens is 380 g/mol. The molecule has 6 rings (SSSR count).